The fraction of sp³-hybridized carbons (Fsp3) is 0.469. The molecule has 0 aliphatic carbocycles. The van der Waals surface area contributed by atoms with Gasteiger partial charge in [0.25, 0.3) is 0 Å². The van der Waals surface area contributed by atoms with Crippen molar-refractivity contribution in [2.75, 3.05) is 36.9 Å². The van der Waals surface area contributed by atoms with Crippen LogP contribution in [0, 0.1) is 6.92 Å². The van der Waals surface area contributed by atoms with Crippen LogP contribution in [0.15, 0.2) is 41.4 Å². The maximum Gasteiger partial charge on any atom is 0.410 e. The topological polar surface area (TPSA) is 132 Å². The van der Waals surface area contributed by atoms with Crippen LogP contribution in [0.4, 0.5) is 27.9 Å². The Hall–Kier alpha value is -3.77. The Morgan fingerprint density at radius 2 is 1.73 bits per heavy atom. The number of para-hydroxylation sites is 1. The van der Waals surface area contributed by atoms with Gasteiger partial charge in [-0.2, -0.15) is 4.98 Å². The first-order chi connectivity index (χ1) is 21.2. The summed E-state index contributed by atoms with van der Waals surface area (Å²) in [5.74, 6) is 1.91. The highest BCUT2D eigenvalue weighted by Gasteiger charge is 2.33. The summed E-state index contributed by atoms with van der Waals surface area (Å²) < 4.78 is 43.8. The lowest BCUT2D eigenvalue weighted by Gasteiger charge is -2.35. The number of fused-ring (bicyclic) bond motifs is 1. The first kappa shape index (κ1) is 32.6. The number of hydrogen-bond acceptors (Lipinski definition) is 10. The number of benzene rings is 2. The molecule has 13 heteroatoms. The molecule has 0 bridgehead atoms. The van der Waals surface area contributed by atoms with E-state index >= 15 is 0 Å². The summed E-state index contributed by atoms with van der Waals surface area (Å²) in [4.78, 5) is 23.5. The molecule has 1 amide bonds. The average Bonchev–Trinajstić information content (AvgIpc) is 2.98. The SMILES string of the molecule is Cc1cc(Nc2ncc(Cl)c(Nc3ccccc3S(=O)(=O)C(C)C)n2)c2c(c1C1CCN(C(=O)OC(C)(C)C)CC1)OCCO2. The third-order valence-corrected chi connectivity index (χ3v) is 10.2. The van der Waals surface area contributed by atoms with Gasteiger partial charge >= 0.3 is 6.09 Å². The van der Waals surface area contributed by atoms with Crippen LogP contribution in [-0.2, 0) is 14.6 Å². The van der Waals surface area contributed by atoms with Gasteiger partial charge in [0.1, 0.15) is 23.8 Å². The van der Waals surface area contributed by atoms with Crippen molar-refractivity contribution >= 4 is 50.7 Å². The van der Waals surface area contributed by atoms with Crippen LogP contribution in [0.3, 0.4) is 0 Å². The monoisotopic (exact) mass is 657 g/mol. The number of anilines is 4. The number of aromatic nitrogens is 2. The van der Waals surface area contributed by atoms with E-state index in [0.29, 0.717) is 49.2 Å². The normalized spacial score (nSPS) is 15.6. The molecule has 0 radical (unpaired) electrons. The minimum absolute atomic E-state index is 0.159. The Labute approximate surface area is 269 Å². The van der Waals surface area contributed by atoms with Gasteiger partial charge in [-0.3, -0.25) is 0 Å². The van der Waals surface area contributed by atoms with Crippen LogP contribution in [-0.4, -0.2) is 66.5 Å². The van der Waals surface area contributed by atoms with E-state index in [2.05, 4.69) is 20.6 Å². The van der Waals surface area contributed by atoms with Gasteiger partial charge in [-0.25, -0.2) is 18.2 Å². The Morgan fingerprint density at radius 1 is 1.07 bits per heavy atom. The van der Waals surface area contributed by atoms with E-state index in [-0.39, 0.29) is 33.7 Å². The quantitative estimate of drug-likeness (QED) is 0.274. The number of nitrogens with zero attached hydrogens (tertiary/aromatic N) is 3. The molecule has 2 aliphatic heterocycles. The van der Waals surface area contributed by atoms with Crippen molar-refractivity contribution in [2.24, 2.45) is 0 Å². The molecule has 1 saturated heterocycles. The third-order valence-electron chi connectivity index (χ3n) is 7.67. The number of carbonyl (C=O) groups excluding carboxylic acids is 1. The van der Waals surface area contributed by atoms with Gasteiger partial charge in [-0.15, -0.1) is 0 Å². The van der Waals surface area contributed by atoms with E-state index < -0.39 is 20.7 Å². The predicted octanol–water partition coefficient (Wildman–Crippen LogP) is 6.99. The van der Waals surface area contributed by atoms with Crippen molar-refractivity contribution in [3.05, 3.63) is 52.7 Å². The number of nitrogens with one attached hydrogen (secondary N) is 2. The highest BCUT2D eigenvalue weighted by molar-refractivity contribution is 7.92. The number of halogens is 1. The molecular formula is C32H40ClN5O6S. The van der Waals surface area contributed by atoms with E-state index in [1.807, 2.05) is 33.8 Å². The molecule has 0 atom stereocenters. The van der Waals surface area contributed by atoms with Gasteiger partial charge in [0.05, 0.1) is 27.7 Å². The van der Waals surface area contributed by atoms with Crippen LogP contribution in [0.25, 0.3) is 0 Å². The molecule has 1 aromatic heterocycles. The Balaban J connectivity index is 1.39. The van der Waals surface area contributed by atoms with Crippen molar-refractivity contribution in [1.29, 1.82) is 0 Å². The molecule has 0 unspecified atom stereocenters. The van der Waals surface area contributed by atoms with Crippen LogP contribution < -0.4 is 20.1 Å². The first-order valence-corrected chi connectivity index (χ1v) is 17.0. The highest BCUT2D eigenvalue weighted by Crippen LogP contribution is 2.48. The molecule has 5 rings (SSSR count). The smallest absolute Gasteiger partial charge is 0.410 e. The van der Waals surface area contributed by atoms with Crippen LogP contribution in [0.5, 0.6) is 11.5 Å². The zero-order valence-electron chi connectivity index (χ0n) is 26.4. The lowest BCUT2D eigenvalue weighted by molar-refractivity contribution is 0.0204. The zero-order chi connectivity index (χ0) is 32.5. The van der Waals surface area contributed by atoms with Crippen LogP contribution in [0.1, 0.15) is 64.5 Å². The van der Waals surface area contributed by atoms with Crippen LogP contribution >= 0.6 is 11.6 Å². The van der Waals surface area contributed by atoms with Crippen molar-refractivity contribution in [1.82, 2.24) is 14.9 Å². The van der Waals surface area contributed by atoms with Gasteiger partial charge in [-0.05, 0) is 84.1 Å². The first-order valence-electron chi connectivity index (χ1n) is 15.0. The molecule has 242 valence electrons. The summed E-state index contributed by atoms with van der Waals surface area (Å²) in [6, 6.07) is 8.63. The van der Waals surface area contributed by atoms with Gasteiger partial charge in [0.2, 0.25) is 5.95 Å². The number of aryl methyl sites for hydroxylation is 1. The fourth-order valence-corrected chi connectivity index (χ4v) is 6.81. The maximum absolute atomic E-state index is 13.0. The Bertz CT molecular complexity index is 1680. The Kier molecular flexibility index (Phi) is 9.36. The molecule has 2 N–H and O–H groups in total. The number of rotatable bonds is 7. The minimum Gasteiger partial charge on any atom is -0.486 e. The standard InChI is InChI=1S/C32H40ClN5O6S/c1-19(2)45(40,41)25-10-8-7-9-23(25)35-29-22(33)18-34-30(37-29)36-24-17-20(3)26(28-27(24)42-15-16-43-28)21-11-13-38(14-12-21)31(39)44-32(4,5)6/h7-10,17-19,21H,11-16H2,1-6H3,(H2,34,35,36,37). The largest absolute Gasteiger partial charge is 0.486 e. The molecule has 2 aromatic carbocycles. The molecule has 45 heavy (non-hydrogen) atoms. The summed E-state index contributed by atoms with van der Waals surface area (Å²) in [7, 11) is -3.56. The minimum atomic E-state index is -3.56. The van der Waals surface area contributed by atoms with Gasteiger partial charge in [-0.1, -0.05) is 23.7 Å². The van der Waals surface area contributed by atoms with Crippen molar-refractivity contribution in [3.8, 4) is 11.5 Å². The summed E-state index contributed by atoms with van der Waals surface area (Å²) in [5.41, 5.74) is 2.54. The van der Waals surface area contributed by atoms with E-state index in [4.69, 9.17) is 25.8 Å². The number of ether oxygens (including phenoxy) is 3. The van der Waals surface area contributed by atoms with Gasteiger partial charge in [0.15, 0.2) is 27.2 Å². The number of sulfone groups is 1. The number of likely N-dealkylation sites (tertiary alicyclic amines) is 1. The molecule has 0 spiro atoms. The van der Waals surface area contributed by atoms with E-state index in [9.17, 15) is 13.2 Å². The van der Waals surface area contributed by atoms with Gasteiger partial charge < -0.3 is 29.7 Å². The second-order valence-electron chi connectivity index (χ2n) is 12.5. The lowest BCUT2D eigenvalue weighted by Crippen LogP contribution is -2.41. The summed E-state index contributed by atoms with van der Waals surface area (Å²) in [5, 5.41) is 5.96. The maximum atomic E-state index is 13.0. The van der Waals surface area contributed by atoms with E-state index in [1.54, 1.807) is 43.0 Å². The molecule has 1 fully saturated rings. The fourth-order valence-electron chi connectivity index (χ4n) is 5.47. The number of hydrogen-bond donors (Lipinski definition) is 2. The zero-order valence-corrected chi connectivity index (χ0v) is 28.0. The van der Waals surface area contributed by atoms with Crippen molar-refractivity contribution < 1.29 is 27.4 Å². The summed E-state index contributed by atoms with van der Waals surface area (Å²) in [6.07, 6.45) is 2.70. The average molecular weight is 658 g/mol. The van der Waals surface area contributed by atoms with Crippen LogP contribution in [0.2, 0.25) is 5.02 Å². The summed E-state index contributed by atoms with van der Waals surface area (Å²) >= 11 is 6.45. The molecule has 3 heterocycles. The van der Waals surface area contributed by atoms with Gasteiger partial charge in [0, 0.05) is 18.7 Å². The Morgan fingerprint density at radius 3 is 2.40 bits per heavy atom. The van der Waals surface area contributed by atoms with Crippen molar-refractivity contribution in [3.63, 3.8) is 0 Å². The van der Waals surface area contributed by atoms with Crippen molar-refractivity contribution in [2.45, 2.75) is 76.0 Å². The second-order valence-corrected chi connectivity index (χ2v) is 15.4. The van der Waals surface area contributed by atoms with E-state index in [1.165, 1.54) is 6.20 Å². The summed E-state index contributed by atoms with van der Waals surface area (Å²) in [6.45, 7) is 12.9. The lowest BCUT2D eigenvalue weighted by atomic mass is 9.85. The third kappa shape index (κ3) is 7.22. The molecule has 0 saturated carbocycles. The molecule has 11 nitrogen and oxygen atoms in total. The molecular weight excluding hydrogens is 618 g/mol. The molecule has 3 aromatic rings. The predicted molar refractivity (Wildman–Crippen MR) is 174 cm³/mol. The van der Waals surface area contributed by atoms with E-state index in [0.717, 1.165) is 24.0 Å². The number of carbonyl (C=O) groups is 1. The number of amides is 1. The highest BCUT2D eigenvalue weighted by atomic mass is 35.5. The number of piperidine rings is 1. The second kappa shape index (κ2) is 12.9. The molecule has 2 aliphatic rings.